The summed E-state index contributed by atoms with van der Waals surface area (Å²) in [5, 5.41) is 22.1. The quantitative estimate of drug-likeness (QED) is 0.710. The third kappa shape index (κ3) is 3.28. The van der Waals surface area contributed by atoms with Crippen LogP contribution in [0.15, 0.2) is 6.20 Å². The summed E-state index contributed by atoms with van der Waals surface area (Å²) in [6.07, 6.45) is -0.363. The number of aliphatic hydroxyl groups excluding tert-OH is 1. The molecular weight excluding hydrogens is 228 g/mol. The molecule has 0 spiro atoms. The number of carbonyl (C=O) groups excluding carboxylic acids is 1. The highest BCUT2D eigenvalue weighted by Gasteiger charge is 2.24. The molecule has 0 fully saturated rings. The lowest BCUT2D eigenvalue weighted by molar-refractivity contribution is -0.139. The van der Waals surface area contributed by atoms with E-state index in [1.54, 1.807) is 14.0 Å². The number of aliphatic carboxylic acids is 1. The van der Waals surface area contributed by atoms with Crippen LogP contribution in [0.25, 0.3) is 0 Å². The fourth-order valence-corrected chi connectivity index (χ4v) is 1.38. The summed E-state index contributed by atoms with van der Waals surface area (Å²) in [7, 11) is 1.57. The van der Waals surface area contributed by atoms with Crippen molar-refractivity contribution in [3.05, 3.63) is 17.5 Å². The van der Waals surface area contributed by atoms with Crippen LogP contribution in [0.2, 0.25) is 0 Å². The number of carboxylic acid groups (broad SMARTS) is 1. The molecule has 7 heteroatoms. The smallest absolute Gasteiger partial charge is 0.359 e. The molecule has 1 heterocycles. The fraction of sp³-hybridized carbons (Fsp3) is 0.500. The third-order valence-corrected chi connectivity index (χ3v) is 2.05. The van der Waals surface area contributed by atoms with E-state index in [0.717, 1.165) is 0 Å². The second kappa shape index (κ2) is 5.44. The molecule has 2 N–H and O–H groups in total. The molecule has 0 saturated heterocycles. The van der Waals surface area contributed by atoms with E-state index in [9.17, 15) is 14.7 Å². The number of carboxylic acids is 1. The molecular formula is C10H14N2O5. The van der Waals surface area contributed by atoms with Crippen LogP contribution >= 0.6 is 0 Å². The van der Waals surface area contributed by atoms with Gasteiger partial charge in [-0.3, -0.25) is 9.48 Å². The molecule has 7 nitrogen and oxygen atoms in total. The van der Waals surface area contributed by atoms with Crippen molar-refractivity contribution >= 4 is 11.9 Å². The van der Waals surface area contributed by atoms with Crippen molar-refractivity contribution < 1.29 is 24.5 Å². The average Bonchev–Trinajstić information content (AvgIpc) is 2.60. The van der Waals surface area contributed by atoms with Crippen molar-refractivity contribution in [2.24, 2.45) is 7.05 Å². The summed E-state index contributed by atoms with van der Waals surface area (Å²) in [6, 6.07) is 0. The molecule has 1 atom stereocenters. The molecule has 0 aliphatic carbocycles. The molecule has 0 aliphatic heterocycles. The van der Waals surface area contributed by atoms with Gasteiger partial charge in [-0.15, -0.1) is 0 Å². The van der Waals surface area contributed by atoms with Gasteiger partial charge in [0, 0.05) is 18.8 Å². The first-order valence-electron chi connectivity index (χ1n) is 5.06. The van der Waals surface area contributed by atoms with Crippen molar-refractivity contribution in [2.75, 3.05) is 6.61 Å². The van der Waals surface area contributed by atoms with E-state index in [4.69, 9.17) is 9.84 Å². The Bertz CT molecular complexity index is 426. The van der Waals surface area contributed by atoms with Crippen molar-refractivity contribution in [2.45, 2.75) is 19.4 Å². The fourth-order valence-electron chi connectivity index (χ4n) is 1.38. The van der Waals surface area contributed by atoms with Gasteiger partial charge in [-0.25, -0.2) is 4.79 Å². The van der Waals surface area contributed by atoms with Crippen molar-refractivity contribution in [1.29, 1.82) is 0 Å². The number of nitrogens with zero attached hydrogens (tertiary/aromatic N) is 2. The summed E-state index contributed by atoms with van der Waals surface area (Å²) in [5.41, 5.74) is 0.108. The maximum absolute atomic E-state index is 11.5. The van der Waals surface area contributed by atoms with Crippen LogP contribution in [-0.4, -0.2) is 38.5 Å². The molecule has 1 aromatic rings. The molecule has 1 aromatic heterocycles. The van der Waals surface area contributed by atoms with E-state index >= 15 is 0 Å². The number of rotatable bonds is 5. The highest BCUT2D eigenvalue weighted by Crippen LogP contribution is 2.20. The summed E-state index contributed by atoms with van der Waals surface area (Å²) >= 11 is 0. The largest absolute Gasteiger partial charge is 0.481 e. The van der Waals surface area contributed by atoms with E-state index in [2.05, 4.69) is 5.10 Å². The SMILES string of the molecule is CCOC(=O)c1nn(C)cc1[C@@H](O)CC(=O)O. The summed E-state index contributed by atoms with van der Waals surface area (Å²) in [6.45, 7) is 1.83. The number of aryl methyl sites for hydroxylation is 1. The number of esters is 1. The zero-order valence-corrected chi connectivity index (χ0v) is 9.58. The van der Waals surface area contributed by atoms with E-state index in [0.29, 0.717) is 0 Å². The molecule has 0 aliphatic rings. The lowest BCUT2D eigenvalue weighted by Gasteiger charge is -2.07. The van der Waals surface area contributed by atoms with Gasteiger partial charge in [0.2, 0.25) is 0 Å². The van der Waals surface area contributed by atoms with Gasteiger partial charge in [0.15, 0.2) is 5.69 Å². The molecule has 0 saturated carbocycles. The second-order valence-corrected chi connectivity index (χ2v) is 3.44. The molecule has 0 radical (unpaired) electrons. The molecule has 1 rings (SSSR count). The summed E-state index contributed by atoms with van der Waals surface area (Å²) in [5.74, 6) is -1.83. The highest BCUT2D eigenvalue weighted by molar-refractivity contribution is 5.89. The monoisotopic (exact) mass is 242 g/mol. The Labute approximate surface area is 97.6 Å². The number of ether oxygens (including phenoxy) is 1. The van der Waals surface area contributed by atoms with Crippen LogP contribution in [0.4, 0.5) is 0 Å². The van der Waals surface area contributed by atoms with Crippen LogP contribution in [0.5, 0.6) is 0 Å². The highest BCUT2D eigenvalue weighted by atomic mass is 16.5. The zero-order chi connectivity index (χ0) is 13.0. The third-order valence-electron chi connectivity index (χ3n) is 2.05. The average molecular weight is 242 g/mol. The van der Waals surface area contributed by atoms with Gasteiger partial charge < -0.3 is 14.9 Å². The minimum absolute atomic E-state index is 0.0527. The molecule has 94 valence electrons. The minimum atomic E-state index is -1.28. The predicted octanol–water partition coefficient (Wildman–Crippen LogP) is 0.105. The Kier molecular flexibility index (Phi) is 4.22. The van der Waals surface area contributed by atoms with Crippen molar-refractivity contribution in [1.82, 2.24) is 9.78 Å². The van der Waals surface area contributed by atoms with Gasteiger partial charge in [0.1, 0.15) is 0 Å². The van der Waals surface area contributed by atoms with Crippen LogP contribution in [-0.2, 0) is 16.6 Å². The van der Waals surface area contributed by atoms with Crippen molar-refractivity contribution in [3.8, 4) is 0 Å². The Balaban J connectivity index is 2.98. The Morgan fingerprint density at radius 3 is 2.76 bits per heavy atom. The number of hydrogen-bond acceptors (Lipinski definition) is 5. The van der Waals surface area contributed by atoms with Gasteiger partial charge in [-0.05, 0) is 6.92 Å². The van der Waals surface area contributed by atoms with Crippen LogP contribution < -0.4 is 0 Å². The molecule has 0 aromatic carbocycles. The maximum atomic E-state index is 11.5. The van der Waals surface area contributed by atoms with E-state index < -0.39 is 24.5 Å². The minimum Gasteiger partial charge on any atom is -0.481 e. The Morgan fingerprint density at radius 1 is 1.59 bits per heavy atom. The lowest BCUT2D eigenvalue weighted by atomic mass is 10.1. The van der Waals surface area contributed by atoms with Crippen molar-refractivity contribution in [3.63, 3.8) is 0 Å². The number of aromatic nitrogens is 2. The van der Waals surface area contributed by atoms with Gasteiger partial charge >= 0.3 is 11.9 Å². The van der Waals surface area contributed by atoms with E-state index in [-0.39, 0.29) is 17.9 Å². The predicted molar refractivity (Wildman–Crippen MR) is 56.4 cm³/mol. The standard InChI is InChI=1S/C10H14N2O5/c1-3-17-10(16)9-6(5-12(2)11-9)7(13)4-8(14)15/h5,7,13H,3-4H2,1-2H3,(H,14,15)/t7-/m0/s1. The van der Waals surface area contributed by atoms with Crippen LogP contribution in [0.1, 0.15) is 35.5 Å². The zero-order valence-electron chi connectivity index (χ0n) is 9.58. The van der Waals surface area contributed by atoms with Gasteiger partial charge in [-0.2, -0.15) is 5.10 Å². The molecule has 0 amide bonds. The summed E-state index contributed by atoms with van der Waals surface area (Å²) in [4.78, 5) is 22.0. The number of aliphatic hydroxyl groups is 1. The topological polar surface area (TPSA) is 102 Å². The van der Waals surface area contributed by atoms with Crippen LogP contribution in [0.3, 0.4) is 0 Å². The first-order valence-corrected chi connectivity index (χ1v) is 5.06. The lowest BCUT2D eigenvalue weighted by Crippen LogP contribution is -2.12. The summed E-state index contributed by atoms with van der Waals surface area (Å²) < 4.78 is 6.09. The number of carbonyl (C=O) groups is 2. The number of hydrogen-bond donors (Lipinski definition) is 2. The first kappa shape index (κ1) is 13.2. The van der Waals surface area contributed by atoms with Gasteiger partial charge in [0.25, 0.3) is 0 Å². The Morgan fingerprint density at radius 2 is 2.24 bits per heavy atom. The first-order chi connectivity index (χ1) is 7.95. The Hall–Kier alpha value is -1.89. The van der Waals surface area contributed by atoms with Crippen LogP contribution in [0, 0.1) is 0 Å². The van der Waals surface area contributed by atoms with E-state index in [1.165, 1.54) is 10.9 Å². The second-order valence-electron chi connectivity index (χ2n) is 3.44. The molecule has 0 bridgehead atoms. The maximum Gasteiger partial charge on any atom is 0.359 e. The molecule has 0 unspecified atom stereocenters. The molecule has 17 heavy (non-hydrogen) atoms. The normalized spacial score (nSPS) is 12.2. The van der Waals surface area contributed by atoms with E-state index in [1.807, 2.05) is 0 Å². The van der Waals surface area contributed by atoms with Gasteiger partial charge in [0.05, 0.1) is 19.1 Å². The van der Waals surface area contributed by atoms with Gasteiger partial charge in [-0.1, -0.05) is 0 Å².